The lowest BCUT2D eigenvalue weighted by molar-refractivity contribution is -0.169. The summed E-state index contributed by atoms with van der Waals surface area (Å²) in [7, 11) is 0. The highest BCUT2D eigenvalue weighted by molar-refractivity contribution is 6.29. The molecule has 4 heteroatoms. The summed E-state index contributed by atoms with van der Waals surface area (Å²) in [6, 6.07) is 0. The van der Waals surface area contributed by atoms with E-state index in [1.165, 1.54) is 154 Å². The van der Waals surface area contributed by atoms with Crippen LogP contribution in [0.3, 0.4) is 0 Å². The van der Waals surface area contributed by atoms with Gasteiger partial charge in [-0.25, -0.2) is 9.59 Å². The summed E-state index contributed by atoms with van der Waals surface area (Å²) < 4.78 is 11.1. The van der Waals surface area contributed by atoms with E-state index in [9.17, 15) is 9.59 Å². The molecule has 0 aromatic carbocycles. The van der Waals surface area contributed by atoms with Crippen molar-refractivity contribution in [2.75, 3.05) is 13.2 Å². The Bertz CT molecular complexity index is 525. The van der Waals surface area contributed by atoms with Gasteiger partial charge >= 0.3 is 11.9 Å². The minimum atomic E-state index is -0.789. The van der Waals surface area contributed by atoms with Gasteiger partial charge in [0.25, 0.3) is 0 Å². The molecule has 0 aromatic heterocycles. The van der Waals surface area contributed by atoms with Crippen LogP contribution in [0, 0.1) is 11.8 Å². The van der Waals surface area contributed by atoms with Gasteiger partial charge in [-0.05, 0) is 37.5 Å². The van der Waals surface area contributed by atoms with Crippen molar-refractivity contribution in [3.63, 3.8) is 0 Å². The maximum atomic E-state index is 12.6. The zero-order valence-electron chi connectivity index (χ0n) is 29.0. The average molecular weight is 595 g/mol. The van der Waals surface area contributed by atoms with Crippen LogP contribution in [0.15, 0.2) is 0 Å². The number of unbranched alkanes of at least 4 members (excludes halogenated alkanes) is 20. The van der Waals surface area contributed by atoms with Gasteiger partial charge in [0, 0.05) is 0 Å². The van der Waals surface area contributed by atoms with Crippen molar-refractivity contribution < 1.29 is 19.1 Å². The van der Waals surface area contributed by atoms with E-state index >= 15 is 0 Å². The van der Waals surface area contributed by atoms with Gasteiger partial charge < -0.3 is 9.47 Å². The van der Waals surface area contributed by atoms with Crippen LogP contribution < -0.4 is 0 Å². The van der Waals surface area contributed by atoms with Gasteiger partial charge in [-0.2, -0.15) is 0 Å². The molecule has 0 radical (unpaired) electrons. The topological polar surface area (TPSA) is 52.6 Å². The summed E-state index contributed by atoms with van der Waals surface area (Å²) in [4.78, 5) is 25.1. The van der Waals surface area contributed by atoms with Crippen LogP contribution >= 0.6 is 0 Å². The van der Waals surface area contributed by atoms with E-state index in [1.54, 1.807) is 0 Å². The van der Waals surface area contributed by atoms with Crippen molar-refractivity contribution in [3.8, 4) is 0 Å². The molecular weight excluding hydrogens is 520 g/mol. The van der Waals surface area contributed by atoms with E-state index in [4.69, 9.17) is 9.47 Å². The Balaban J connectivity index is 4.57. The fourth-order valence-corrected chi connectivity index (χ4v) is 5.98. The smallest absolute Gasteiger partial charge is 0.417 e. The van der Waals surface area contributed by atoms with Crippen LogP contribution in [-0.2, 0) is 19.1 Å². The molecule has 2 atom stereocenters. The molecule has 0 spiro atoms. The second-order valence-corrected chi connectivity index (χ2v) is 13.2. The number of hydrogen-bond donors (Lipinski definition) is 0. The third-order valence-corrected chi connectivity index (χ3v) is 8.93. The molecule has 0 N–H and O–H groups in total. The SMILES string of the molecule is CCCCCCCCCC(CCCCCCC)COC(=O)C(=O)OCC(CCCCCCC)CCCCCCCCC. The Morgan fingerprint density at radius 2 is 0.571 bits per heavy atom. The zero-order valence-corrected chi connectivity index (χ0v) is 29.0. The van der Waals surface area contributed by atoms with Crippen LogP contribution in [0.4, 0.5) is 0 Å². The second kappa shape index (κ2) is 32.8. The summed E-state index contributed by atoms with van der Waals surface area (Å²) in [6.07, 6.45) is 34.9. The molecule has 0 heterocycles. The first kappa shape index (κ1) is 40.9. The molecule has 0 rings (SSSR count). The maximum absolute atomic E-state index is 12.6. The highest BCUT2D eigenvalue weighted by Gasteiger charge is 2.21. The van der Waals surface area contributed by atoms with Gasteiger partial charge in [-0.1, -0.05) is 182 Å². The normalized spacial score (nSPS) is 12.8. The lowest BCUT2D eigenvalue weighted by Crippen LogP contribution is -2.25. The molecule has 250 valence electrons. The van der Waals surface area contributed by atoms with E-state index in [0.717, 1.165) is 25.7 Å². The molecule has 0 aliphatic rings. The number of carbonyl (C=O) groups is 2. The van der Waals surface area contributed by atoms with Crippen molar-refractivity contribution in [3.05, 3.63) is 0 Å². The molecule has 0 saturated carbocycles. The molecule has 0 amide bonds. The Hall–Kier alpha value is -1.06. The van der Waals surface area contributed by atoms with Gasteiger partial charge in [0.2, 0.25) is 0 Å². The summed E-state index contributed by atoms with van der Waals surface area (Å²) in [6.45, 7) is 9.72. The van der Waals surface area contributed by atoms with E-state index in [2.05, 4.69) is 27.7 Å². The van der Waals surface area contributed by atoms with Crippen molar-refractivity contribution in [2.24, 2.45) is 11.8 Å². The number of ether oxygens (including phenoxy) is 2. The van der Waals surface area contributed by atoms with Crippen LogP contribution in [-0.4, -0.2) is 25.2 Å². The Kier molecular flexibility index (Phi) is 32.0. The molecule has 0 aliphatic heterocycles. The standard InChI is InChI=1S/C38H74O4/c1-5-9-13-17-19-23-27-31-35(29-25-21-15-11-7-3)33-41-37(39)38(40)42-34-36(30-26-22-16-12-8-4)32-28-24-20-18-14-10-6-2/h35-36H,5-34H2,1-4H3. The van der Waals surface area contributed by atoms with Crippen molar-refractivity contribution in [1.29, 1.82) is 0 Å². The molecular formula is C38H74O4. The van der Waals surface area contributed by atoms with E-state index in [-0.39, 0.29) is 0 Å². The molecule has 0 fully saturated rings. The first-order valence-corrected chi connectivity index (χ1v) is 18.9. The number of carbonyl (C=O) groups excluding carboxylic acids is 2. The van der Waals surface area contributed by atoms with Gasteiger partial charge in [0.1, 0.15) is 0 Å². The molecule has 4 nitrogen and oxygen atoms in total. The molecule has 2 unspecified atom stereocenters. The highest BCUT2D eigenvalue weighted by Crippen LogP contribution is 2.22. The Labute approximate surface area is 263 Å². The van der Waals surface area contributed by atoms with E-state index in [0.29, 0.717) is 25.0 Å². The number of esters is 2. The van der Waals surface area contributed by atoms with E-state index < -0.39 is 11.9 Å². The monoisotopic (exact) mass is 595 g/mol. The summed E-state index contributed by atoms with van der Waals surface area (Å²) in [5.74, 6) is -0.870. The fraction of sp³-hybridized carbons (Fsp3) is 0.947. The molecule has 0 aliphatic carbocycles. The second-order valence-electron chi connectivity index (χ2n) is 13.2. The van der Waals surface area contributed by atoms with E-state index in [1.807, 2.05) is 0 Å². The number of rotatable bonds is 32. The minimum Gasteiger partial charge on any atom is -0.457 e. The zero-order chi connectivity index (χ0) is 30.9. The molecule has 42 heavy (non-hydrogen) atoms. The van der Waals surface area contributed by atoms with Gasteiger partial charge in [-0.15, -0.1) is 0 Å². The van der Waals surface area contributed by atoms with Crippen LogP contribution in [0.5, 0.6) is 0 Å². The maximum Gasteiger partial charge on any atom is 0.417 e. The lowest BCUT2D eigenvalue weighted by Gasteiger charge is -2.18. The average Bonchev–Trinajstić information content (AvgIpc) is 3.00. The van der Waals surface area contributed by atoms with Crippen LogP contribution in [0.25, 0.3) is 0 Å². The van der Waals surface area contributed by atoms with Crippen molar-refractivity contribution in [1.82, 2.24) is 0 Å². The summed E-state index contributed by atoms with van der Waals surface area (Å²) >= 11 is 0. The largest absolute Gasteiger partial charge is 0.457 e. The quantitative estimate of drug-likeness (QED) is 0.0441. The van der Waals surface area contributed by atoms with Crippen molar-refractivity contribution >= 4 is 11.9 Å². The fourth-order valence-electron chi connectivity index (χ4n) is 5.98. The molecule has 0 bridgehead atoms. The highest BCUT2D eigenvalue weighted by atomic mass is 16.6. The Morgan fingerprint density at radius 3 is 0.810 bits per heavy atom. The van der Waals surface area contributed by atoms with Crippen LogP contribution in [0.2, 0.25) is 0 Å². The van der Waals surface area contributed by atoms with Crippen LogP contribution in [0.1, 0.15) is 207 Å². The third kappa shape index (κ3) is 27.8. The summed E-state index contributed by atoms with van der Waals surface area (Å²) in [5.41, 5.74) is 0. The predicted molar refractivity (Wildman–Crippen MR) is 181 cm³/mol. The first-order chi connectivity index (χ1) is 20.6. The Morgan fingerprint density at radius 1 is 0.357 bits per heavy atom. The molecule has 0 saturated heterocycles. The van der Waals surface area contributed by atoms with Gasteiger partial charge in [0.05, 0.1) is 13.2 Å². The third-order valence-electron chi connectivity index (χ3n) is 8.93. The van der Waals surface area contributed by atoms with Crippen molar-refractivity contribution in [2.45, 2.75) is 207 Å². The molecule has 0 aromatic rings. The summed E-state index contributed by atoms with van der Waals surface area (Å²) in [5, 5.41) is 0. The van der Waals surface area contributed by atoms with Gasteiger partial charge in [0.15, 0.2) is 0 Å². The first-order valence-electron chi connectivity index (χ1n) is 18.9. The lowest BCUT2D eigenvalue weighted by atomic mass is 9.94. The number of hydrogen-bond acceptors (Lipinski definition) is 4. The minimum absolute atomic E-state index is 0.354. The van der Waals surface area contributed by atoms with Gasteiger partial charge in [-0.3, -0.25) is 0 Å². The predicted octanol–water partition coefficient (Wildman–Crippen LogP) is 12.3.